The number of hydrogen-bond acceptors (Lipinski definition) is 3. The number of methoxy groups -OCH3 is 1. The number of hydrogen-bond donors (Lipinski definition) is 1. The summed E-state index contributed by atoms with van der Waals surface area (Å²) in [6, 6.07) is 12.6. The highest BCUT2D eigenvalue weighted by molar-refractivity contribution is 7.89. The number of para-hydroxylation sites is 1. The van der Waals surface area contributed by atoms with Crippen molar-refractivity contribution >= 4 is 32.5 Å². The zero-order valence-electron chi connectivity index (χ0n) is 13.6. The average Bonchev–Trinajstić information content (AvgIpc) is 2.99. The third-order valence-electron chi connectivity index (χ3n) is 4.59. The van der Waals surface area contributed by atoms with Crippen molar-refractivity contribution in [2.24, 2.45) is 0 Å². The first kappa shape index (κ1) is 16.4. The van der Waals surface area contributed by atoms with E-state index in [1.165, 1.54) is 17.5 Å². The second kappa shape index (κ2) is 6.05. The molecule has 2 aromatic carbocycles. The molecule has 4 rings (SSSR count). The van der Waals surface area contributed by atoms with Crippen LogP contribution in [0.15, 0.2) is 47.4 Å². The van der Waals surface area contributed by atoms with Gasteiger partial charge in [-0.1, -0.05) is 29.8 Å². The van der Waals surface area contributed by atoms with E-state index in [4.69, 9.17) is 16.3 Å². The number of fused-ring (bicyclic) bond motifs is 3. The van der Waals surface area contributed by atoms with E-state index in [1.807, 2.05) is 24.3 Å². The first-order chi connectivity index (χ1) is 12.0. The van der Waals surface area contributed by atoms with Crippen LogP contribution in [0.25, 0.3) is 10.9 Å². The van der Waals surface area contributed by atoms with E-state index in [0.29, 0.717) is 30.3 Å². The molecule has 2 heterocycles. The van der Waals surface area contributed by atoms with Crippen LogP contribution in [0.1, 0.15) is 11.3 Å². The number of nitrogens with one attached hydrogen (secondary N) is 1. The minimum atomic E-state index is -3.71. The number of sulfonamides is 1. The van der Waals surface area contributed by atoms with Crippen molar-refractivity contribution in [2.75, 3.05) is 13.7 Å². The second-order valence-electron chi connectivity index (χ2n) is 6.01. The van der Waals surface area contributed by atoms with E-state index < -0.39 is 10.0 Å². The minimum Gasteiger partial charge on any atom is -0.495 e. The van der Waals surface area contributed by atoms with E-state index in [9.17, 15) is 8.42 Å². The molecule has 1 aliphatic heterocycles. The van der Waals surface area contributed by atoms with E-state index in [-0.39, 0.29) is 4.90 Å². The van der Waals surface area contributed by atoms with Crippen LogP contribution in [0.3, 0.4) is 0 Å². The number of nitrogens with zero attached hydrogens (tertiary/aromatic N) is 1. The Morgan fingerprint density at radius 2 is 2.00 bits per heavy atom. The predicted octanol–water partition coefficient (Wildman–Crippen LogP) is 3.58. The standard InChI is InChI=1S/C18H17ClN2O3S/c1-24-17-7-6-12(19)10-18(17)25(22,23)21-9-8-16-14(11-21)13-4-2-3-5-15(13)20-16/h2-7,10,20H,8-9,11H2,1H3. The van der Waals surface area contributed by atoms with Crippen molar-refractivity contribution in [3.8, 4) is 5.75 Å². The molecule has 0 bridgehead atoms. The molecule has 0 fully saturated rings. The first-order valence-corrected chi connectivity index (χ1v) is 9.74. The Morgan fingerprint density at radius 1 is 1.20 bits per heavy atom. The Hall–Kier alpha value is -2.02. The lowest BCUT2D eigenvalue weighted by atomic mass is 10.1. The van der Waals surface area contributed by atoms with Gasteiger partial charge < -0.3 is 9.72 Å². The lowest BCUT2D eigenvalue weighted by Gasteiger charge is -2.27. The van der Waals surface area contributed by atoms with Crippen LogP contribution in [0.2, 0.25) is 5.02 Å². The number of halogens is 1. The van der Waals surface area contributed by atoms with Gasteiger partial charge in [0.15, 0.2) is 0 Å². The first-order valence-electron chi connectivity index (χ1n) is 7.93. The third-order valence-corrected chi connectivity index (χ3v) is 6.69. The molecule has 25 heavy (non-hydrogen) atoms. The number of rotatable bonds is 3. The molecule has 7 heteroatoms. The van der Waals surface area contributed by atoms with Gasteiger partial charge in [0.25, 0.3) is 0 Å². The van der Waals surface area contributed by atoms with E-state index in [2.05, 4.69) is 4.98 Å². The number of H-pyrrole nitrogens is 1. The predicted molar refractivity (Wildman–Crippen MR) is 97.6 cm³/mol. The summed E-state index contributed by atoms with van der Waals surface area (Å²) in [5, 5.41) is 1.43. The van der Waals surface area contributed by atoms with Crippen molar-refractivity contribution in [1.82, 2.24) is 9.29 Å². The summed E-state index contributed by atoms with van der Waals surface area (Å²) in [5.41, 5.74) is 3.17. The molecule has 0 saturated heterocycles. The van der Waals surface area contributed by atoms with Crippen molar-refractivity contribution in [2.45, 2.75) is 17.9 Å². The largest absolute Gasteiger partial charge is 0.495 e. The lowest BCUT2D eigenvalue weighted by Crippen LogP contribution is -2.36. The monoisotopic (exact) mass is 376 g/mol. The number of aromatic nitrogens is 1. The highest BCUT2D eigenvalue weighted by Crippen LogP contribution is 2.34. The van der Waals surface area contributed by atoms with Crippen molar-refractivity contribution in [3.05, 3.63) is 58.7 Å². The van der Waals surface area contributed by atoms with Gasteiger partial charge in [0.1, 0.15) is 10.6 Å². The highest BCUT2D eigenvalue weighted by Gasteiger charge is 2.32. The van der Waals surface area contributed by atoms with E-state index in [0.717, 1.165) is 22.2 Å². The van der Waals surface area contributed by atoms with Gasteiger partial charge in [-0.25, -0.2) is 8.42 Å². The van der Waals surface area contributed by atoms with Gasteiger partial charge in [-0.15, -0.1) is 0 Å². The zero-order valence-corrected chi connectivity index (χ0v) is 15.2. The lowest BCUT2D eigenvalue weighted by molar-refractivity contribution is 0.378. The molecule has 0 radical (unpaired) electrons. The van der Waals surface area contributed by atoms with Gasteiger partial charge >= 0.3 is 0 Å². The fourth-order valence-electron chi connectivity index (χ4n) is 3.34. The molecule has 5 nitrogen and oxygen atoms in total. The molecule has 1 aromatic heterocycles. The Bertz CT molecular complexity index is 1060. The third kappa shape index (κ3) is 2.70. The normalized spacial score (nSPS) is 15.3. The summed E-state index contributed by atoms with van der Waals surface area (Å²) in [5.74, 6) is 0.300. The molecular weight excluding hydrogens is 360 g/mol. The number of ether oxygens (including phenoxy) is 1. The van der Waals surface area contributed by atoms with Gasteiger partial charge in [-0.2, -0.15) is 4.31 Å². The van der Waals surface area contributed by atoms with Gasteiger partial charge in [-0.3, -0.25) is 0 Å². The van der Waals surface area contributed by atoms with Gasteiger partial charge in [-0.05, 0) is 29.8 Å². The minimum absolute atomic E-state index is 0.103. The maximum atomic E-state index is 13.2. The second-order valence-corrected chi connectivity index (χ2v) is 8.35. The van der Waals surface area contributed by atoms with E-state index >= 15 is 0 Å². The van der Waals surface area contributed by atoms with Crippen LogP contribution >= 0.6 is 11.6 Å². The highest BCUT2D eigenvalue weighted by atomic mass is 35.5. The molecule has 130 valence electrons. The van der Waals surface area contributed by atoms with Crippen LogP contribution in [0.4, 0.5) is 0 Å². The molecule has 3 aromatic rings. The summed E-state index contributed by atoms with van der Waals surface area (Å²) in [7, 11) is -2.25. The Morgan fingerprint density at radius 3 is 2.80 bits per heavy atom. The van der Waals surface area contributed by atoms with Crippen LogP contribution in [-0.2, 0) is 23.0 Å². The van der Waals surface area contributed by atoms with Crippen LogP contribution in [-0.4, -0.2) is 31.4 Å². The molecular formula is C18H17ClN2O3S. The summed E-state index contributed by atoms with van der Waals surface area (Å²) in [4.78, 5) is 3.49. The number of aromatic amines is 1. The Labute approximate surface area is 151 Å². The molecule has 0 saturated carbocycles. The Kier molecular flexibility index (Phi) is 3.98. The average molecular weight is 377 g/mol. The Balaban J connectivity index is 1.77. The number of benzene rings is 2. The summed E-state index contributed by atoms with van der Waals surface area (Å²) in [6.45, 7) is 0.745. The quantitative estimate of drug-likeness (QED) is 0.760. The van der Waals surface area contributed by atoms with Crippen molar-refractivity contribution in [1.29, 1.82) is 0 Å². The fraction of sp³-hybridized carbons (Fsp3) is 0.222. The van der Waals surface area contributed by atoms with Crippen LogP contribution < -0.4 is 4.74 Å². The van der Waals surface area contributed by atoms with Crippen LogP contribution in [0.5, 0.6) is 5.75 Å². The molecule has 0 atom stereocenters. The smallest absolute Gasteiger partial charge is 0.247 e. The van der Waals surface area contributed by atoms with Crippen molar-refractivity contribution < 1.29 is 13.2 Å². The summed E-state index contributed by atoms with van der Waals surface area (Å²) < 4.78 is 33.0. The van der Waals surface area contributed by atoms with Crippen molar-refractivity contribution in [3.63, 3.8) is 0 Å². The molecule has 0 spiro atoms. The van der Waals surface area contributed by atoms with E-state index in [1.54, 1.807) is 12.1 Å². The molecule has 1 N–H and O–H groups in total. The van der Waals surface area contributed by atoms with Gasteiger partial charge in [0.2, 0.25) is 10.0 Å². The summed E-state index contributed by atoms with van der Waals surface area (Å²) >= 11 is 6.02. The molecule has 1 aliphatic rings. The fourth-order valence-corrected chi connectivity index (χ4v) is 5.17. The summed E-state index contributed by atoms with van der Waals surface area (Å²) in [6.07, 6.45) is 0.645. The SMILES string of the molecule is COc1ccc(Cl)cc1S(=O)(=O)N1CCc2[nH]c3ccccc3c2C1. The maximum Gasteiger partial charge on any atom is 0.247 e. The topological polar surface area (TPSA) is 62.4 Å². The van der Waals surface area contributed by atoms with Gasteiger partial charge in [0, 0.05) is 41.1 Å². The molecule has 0 unspecified atom stereocenters. The van der Waals surface area contributed by atoms with Gasteiger partial charge in [0.05, 0.1) is 7.11 Å². The maximum absolute atomic E-state index is 13.2. The van der Waals surface area contributed by atoms with Crippen LogP contribution in [0, 0.1) is 0 Å². The molecule has 0 aliphatic carbocycles. The zero-order chi connectivity index (χ0) is 17.6. The molecule has 0 amide bonds.